The second-order valence-corrected chi connectivity index (χ2v) is 10.4. The first-order valence-corrected chi connectivity index (χ1v) is 13.1. The number of aromatic nitrogens is 2. The van der Waals surface area contributed by atoms with Gasteiger partial charge in [-0.2, -0.15) is 0 Å². The lowest BCUT2D eigenvalue weighted by Crippen LogP contribution is -2.43. The van der Waals surface area contributed by atoms with Crippen molar-refractivity contribution in [2.75, 3.05) is 36.4 Å². The number of hydrogen-bond donors (Lipinski definition) is 2. The minimum atomic E-state index is -0.742. The largest absolute Gasteiger partial charge is 0.348 e. The lowest BCUT2D eigenvalue weighted by Gasteiger charge is -2.31. The number of likely N-dealkylation sites (tertiary alicyclic amines) is 1. The maximum absolute atomic E-state index is 12.6. The minimum Gasteiger partial charge on any atom is -0.348 e. The first kappa shape index (κ1) is 25.7. The number of hydrogen-bond acceptors (Lipinski definition) is 7. The molecule has 0 unspecified atom stereocenters. The molecule has 2 aromatic rings. The van der Waals surface area contributed by atoms with Crippen LogP contribution in [0.3, 0.4) is 0 Å². The zero-order valence-electron chi connectivity index (χ0n) is 20.9. The molecule has 1 fully saturated rings. The number of anilines is 2. The van der Waals surface area contributed by atoms with Crippen LogP contribution in [0, 0.1) is 18.8 Å². The molecular weight excluding hydrogens is 480 g/mol. The Bertz CT molecular complexity index is 1160. The SMILES string of the molecule is Cc1nnsc1C(=O)N1CCC(CNC(=O)C(=O)Nc2ccc3c(c2)N(C(=O)C(C)C)CCC3)CC1. The van der Waals surface area contributed by atoms with Crippen molar-refractivity contribution in [3.63, 3.8) is 0 Å². The highest BCUT2D eigenvalue weighted by Gasteiger charge is 2.28. The highest BCUT2D eigenvalue weighted by Crippen LogP contribution is 2.31. The number of rotatable bonds is 5. The van der Waals surface area contributed by atoms with Crippen LogP contribution in [0.2, 0.25) is 0 Å². The van der Waals surface area contributed by atoms with Gasteiger partial charge in [0.15, 0.2) is 0 Å². The zero-order chi connectivity index (χ0) is 25.8. The van der Waals surface area contributed by atoms with Crippen LogP contribution >= 0.6 is 11.5 Å². The molecule has 0 atom stereocenters. The molecule has 192 valence electrons. The highest BCUT2D eigenvalue weighted by atomic mass is 32.1. The summed E-state index contributed by atoms with van der Waals surface area (Å²) in [6.45, 7) is 7.70. The summed E-state index contributed by atoms with van der Waals surface area (Å²) >= 11 is 1.11. The normalized spacial score (nSPS) is 16.0. The van der Waals surface area contributed by atoms with Gasteiger partial charge in [-0.3, -0.25) is 19.2 Å². The molecule has 36 heavy (non-hydrogen) atoms. The van der Waals surface area contributed by atoms with E-state index < -0.39 is 11.8 Å². The summed E-state index contributed by atoms with van der Waals surface area (Å²) in [5, 5.41) is 9.28. The Morgan fingerprint density at radius 3 is 2.53 bits per heavy atom. The average Bonchev–Trinajstić information content (AvgIpc) is 3.31. The topological polar surface area (TPSA) is 125 Å². The predicted octanol–water partition coefficient (Wildman–Crippen LogP) is 2.39. The number of nitrogens with one attached hydrogen (secondary N) is 2. The molecule has 11 heteroatoms. The van der Waals surface area contributed by atoms with Crippen LogP contribution in [0.4, 0.5) is 11.4 Å². The third kappa shape index (κ3) is 5.72. The summed E-state index contributed by atoms with van der Waals surface area (Å²) < 4.78 is 3.83. The number of amides is 4. The summed E-state index contributed by atoms with van der Waals surface area (Å²) in [7, 11) is 0. The molecule has 3 heterocycles. The smallest absolute Gasteiger partial charge is 0.313 e. The number of aryl methyl sites for hydroxylation is 2. The van der Waals surface area contributed by atoms with E-state index in [9.17, 15) is 19.2 Å². The van der Waals surface area contributed by atoms with Gasteiger partial charge >= 0.3 is 11.8 Å². The fourth-order valence-corrected chi connectivity index (χ4v) is 5.23. The molecule has 0 bridgehead atoms. The van der Waals surface area contributed by atoms with E-state index in [2.05, 4.69) is 20.2 Å². The molecule has 10 nitrogen and oxygen atoms in total. The molecule has 2 aliphatic rings. The van der Waals surface area contributed by atoms with Crippen LogP contribution in [0.15, 0.2) is 18.2 Å². The second-order valence-electron chi connectivity index (χ2n) is 9.68. The molecule has 0 radical (unpaired) electrons. The molecule has 0 saturated carbocycles. The Morgan fingerprint density at radius 2 is 1.86 bits per heavy atom. The summed E-state index contributed by atoms with van der Waals surface area (Å²) in [6, 6.07) is 5.44. The van der Waals surface area contributed by atoms with Gasteiger partial charge in [-0.25, -0.2) is 0 Å². The molecule has 1 saturated heterocycles. The number of piperidine rings is 1. The average molecular weight is 513 g/mol. The fraction of sp³-hybridized carbons (Fsp3) is 0.520. The van der Waals surface area contributed by atoms with E-state index in [1.807, 2.05) is 19.9 Å². The van der Waals surface area contributed by atoms with Crippen molar-refractivity contribution >= 4 is 46.5 Å². The number of benzene rings is 1. The van der Waals surface area contributed by atoms with Gasteiger partial charge in [-0.05, 0) is 67.8 Å². The van der Waals surface area contributed by atoms with Gasteiger partial charge in [-0.15, -0.1) is 5.10 Å². The van der Waals surface area contributed by atoms with Gasteiger partial charge in [0.05, 0.1) is 5.69 Å². The van der Waals surface area contributed by atoms with E-state index in [0.717, 1.165) is 48.5 Å². The van der Waals surface area contributed by atoms with Gasteiger partial charge in [0.2, 0.25) is 5.91 Å². The summed E-state index contributed by atoms with van der Waals surface area (Å²) in [6.07, 6.45) is 3.25. The number of carbonyl (C=O) groups excluding carboxylic acids is 4. The van der Waals surface area contributed by atoms with Gasteiger partial charge in [-0.1, -0.05) is 24.4 Å². The predicted molar refractivity (Wildman–Crippen MR) is 137 cm³/mol. The van der Waals surface area contributed by atoms with E-state index in [1.54, 1.807) is 28.9 Å². The summed E-state index contributed by atoms with van der Waals surface area (Å²) in [4.78, 5) is 54.3. The van der Waals surface area contributed by atoms with Crippen molar-refractivity contribution in [2.24, 2.45) is 11.8 Å². The highest BCUT2D eigenvalue weighted by molar-refractivity contribution is 7.07. The maximum Gasteiger partial charge on any atom is 0.313 e. The first-order valence-electron chi connectivity index (χ1n) is 12.4. The Hall–Kier alpha value is -3.34. The first-order chi connectivity index (χ1) is 17.2. The van der Waals surface area contributed by atoms with Crippen molar-refractivity contribution in [3.8, 4) is 0 Å². The number of carbonyl (C=O) groups is 4. The van der Waals surface area contributed by atoms with E-state index >= 15 is 0 Å². The zero-order valence-corrected chi connectivity index (χ0v) is 21.7. The quantitative estimate of drug-likeness (QED) is 0.593. The van der Waals surface area contributed by atoms with Gasteiger partial charge in [0.25, 0.3) is 5.91 Å². The molecule has 2 aliphatic heterocycles. The third-order valence-corrected chi connectivity index (χ3v) is 7.54. The van der Waals surface area contributed by atoms with Crippen molar-refractivity contribution in [1.29, 1.82) is 0 Å². The van der Waals surface area contributed by atoms with Crippen LogP contribution in [0.5, 0.6) is 0 Å². The van der Waals surface area contributed by atoms with Crippen LogP contribution in [0.1, 0.15) is 54.0 Å². The molecule has 0 spiro atoms. The summed E-state index contributed by atoms with van der Waals surface area (Å²) in [5.74, 6) is -1.39. The van der Waals surface area contributed by atoms with Gasteiger partial charge in [0.1, 0.15) is 4.88 Å². The Morgan fingerprint density at radius 1 is 1.11 bits per heavy atom. The Balaban J connectivity index is 1.27. The third-order valence-electron chi connectivity index (χ3n) is 6.73. The molecule has 4 amide bonds. The standard InChI is InChI=1S/C25H32N6O4S/c1-15(2)24(34)31-10-4-5-18-6-7-19(13-20(18)31)27-23(33)22(32)26-14-17-8-11-30(12-9-17)25(35)21-16(3)28-29-36-21/h6-7,13,15,17H,4-5,8-12,14H2,1-3H3,(H,26,32)(H,27,33). The maximum atomic E-state index is 12.6. The van der Waals surface area contributed by atoms with Crippen molar-refractivity contribution in [2.45, 2.75) is 46.5 Å². The van der Waals surface area contributed by atoms with Crippen LogP contribution in [-0.2, 0) is 20.8 Å². The van der Waals surface area contributed by atoms with Crippen molar-refractivity contribution in [3.05, 3.63) is 34.3 Å². The van der Waals surface area contributed by atoms with Crippen molar-refractivity contribution < 1.29 is 19.2 Å². The van der Waals surface area contributed by atoms with Gasteiger partial charge < -0.3 is 20.4 Å². The minimum absolute atomic E-state index is 0.0452. The summed E-state index contributed by atoms with van der Waals surface area (Å²) in [5.41, 5.74) is 2.98. The number of fused-ring (bicyclic) bond motifs is 1. The molecule has 4 rings (SSSR count). The van der Waals surface area contributed by atoms with Crippen LogP contribution in [0.25, 0.3) is 0 Å². The lowest BCUT2D eigenvalue weighted by molar-refractivity contribution is -0.136. The Kier molecular flexibility index (Phi) is 7.97. The Labute approximate surface area is 214 Å². The molecule has 0 aliphatic carbocycles. The molecule has 2 N–H and O–H groups in total. The number of nitrogens with zero attached hydrogens (tertiary/aromatic N) is 4. The lowest BCUT2D eigenvalue weighted by atomic mass is 9.96. The molecule has 1 aromatic heterocycles. The van der Waals surface area contributed by atoms with Crippen LogP contribution < -0.4 is 15.5 Å². The van der Waals surface area contributed by atoms with E-state index in [-0.39, 0.29) is 23.7 Å². The second kappa shape index (κ2) is 11.2. The molecular formula is C25H32N6O4S. The fourth-order valence-electron chi connectivity index (χ4n) is 4.61. The van der Waals surface area contributed by atoms with Gasteiger partial charge in [0, 0.05) is 43.5 Å². The molecule has 1 aromatic carbocycles. The van der Waals surface area contributed by atoms with Crippen molar-refractivity contribution in [1.82, 2.24) is 19.8 Å². The monoisotopic (exact) mass is 512 g/mol. The van der Waals surface area contributed by atoms with E-state index in [4.69, 9.17) is 0 Å². The van der Waals surface area contributed by atoms with Crippen LogP contribution in [-0.4, -0.2) is 64.3 Å². The van der Waals surface area contributed by atoms with E-state index in [0.29, 0.717) is 42.4 Å². The van der Waals surface area contributed by atoms with E-state index in [1.165, 1.54) is 0 Å².